The molecule has 0 aliphatic carbocycles. The van der Waals surface area contributed by atoms with Gasteiger partial charge in [0.2, 0.25) is 15.9 Å². The van der Waals surface area contributed by atoms with Crippen LogP contribution in [0.2, 0.25) is 0 Å². The van der Waals surface area contributed by atoms with Crippen LogP contribution >= 0.6 is 0 Å². The van der Waals surface area contributed by atoms with E-state index in [0.717, 1.165) is 18.2 Å². The summed E-state index contributed by atoms with van der Waals surface area (Å²) in [6.45, 7) is 0.689. The van der Waals surface area contributed by atoms with Crippen LogP contribution in [0.5, 0.6) is 0 Å². The van der Waals surface area contributed by atoms with Gasteiger partial charge in [-0.3, -0.25) is 4.79 Å². The van der Waals surface area contributed by atoms with Gasteiger partial charge in [-0.1, -0.05) is 12.1 Å². The van der Waals surface area contributed by atoms with Gasteiger partial charge in [-0.25, -0.2) is 17.5 Å². The van der Waals surface area contributed by atoms with E-state index in [4.69, 9.17) is 4.74 Å². The fraction of sp³-hybridized carbons (Fsp3) is 0.562. The van der Waals surface area contributed by atoms with Crippen LogP contribution in [0, 0.1) is 11.7 Å². The lowest BCUT2D eigenvalue weighted by atomic mass is 9.87. The Bertz CT molecular complexity index is 680. The molecule has 8 heteroatoms. The average molecular weight is 358 g/mol. The van der Waals surface area contributed by atoms with Gasteiger partial charge < -0.3 is 9.64 Å². The molecular weight excluding hydrogens is 335 g/mol. The van der Waals surface area contributed by atoms with Crippen molar-refractivity contribution in [3.8, 4) is 0 Å². The molecule has 1 aliphatic rings. The number of amides is 1. The minimum atomic E-state index is -3.40. The molecule has 1 amide bonds. The Labute approximate surface area is 142 Å². The first-order valence-electron chi connectivity index (χ1n) is 7.78. The van der Waals surface area contributed by atoms with E-state index in [0.29, 0.717) is 19.5 Å². The first kappa shape index (κ1) is 18.8. The number of carbonyl (C=O) groups is 1. The first-order chi connectivity index (χ1) is 11.3. The predicted molar refractivity (Wildman–Crippen MR) is 88.4 cm³/mol. The van der Waals surface area contributed by atoms with Crippen molar-refractivity contribution >= 4 is 15.9 Å². The molecule has 0 saturated carbocycles. The highest BCUT2D eigenvalue weighted by Crippen LogP contribution is 2.24. The number of ether oxygens (including phenoxy) is 1. The van der Waals surface area contributed by atoms with Gasteiger partial charge in [-0.05, 0) is 36.5 Å². The molecule has 0 bridgehead atoms. The fourth-order valence-corrected chi connectivity index (χ4v) is 3.35. The maximum atomic E-state index is 13.3. The van der Waals surface area contributed by atoms with Crippen LogP contribution in [0.15, 0.2) is 24.3 Å². The second-order valence-electron chi connectivity index (χ2n) is 6.09. The van der Waals surface area contributed by atoms with E-state index in [1.807, 2.05) is 6.07 Å². The summed E-state index contributed by atoms with van der Waals surface area (Å²) in [5, 5.41) is 0. The maximum Gasteiger partial charge on any atom is 0.237 e. The lowest BCUT2D eigenvalue weighted by molar-refractivity contribution is -0.135. The summed E-state index contributed by atoms with van der Waals surface area (Å²) in [7, 11) is -1.81. The van der Waals surface area contributed by atoms with Gasteiger partial charge in [-0.15, -0.1) is 0 Å². The van der Waals surface area contributed by atoms with Crippen molar-refractivity contribution in [3.63, 3.8) is 0 Å². The molecule has 0 unspecified atom stereocenters. The van der Waals surface area contributed by atoms with Crippen LogP contribution in [0.25, 0.3) is 0 Å². The monoisotopic (exact) mass is 358 g/mol. The van der Waals surface area contributed by atoms with E-state index < -0.39 is 10.0 Å². The van der Waals surface area contributed by atoms with Gasteiger partial charge in [0.25, 0.3) is 0 Å². The van der Waals surface area contributed by atoms with Crippen molar-refractivity contribution in [1.29, 1.82) is 0 Å². The fourth-order valence-electron chi connectivity index (χ4n) is 2.96. The quantitative estimate of drug-likeness (QED) is 0.815. The number of benzene rings is 1. The Morgan fingerprint density at radius 1 is 1.46 bits per heavy atom. The molecule has 0 spiro atoms. The van der Waals surface area contributed by atoms with E-state index in [9.17, 15) is 17.6 Å². The summed E-state index contributed by atoms with van der Waals surface area (Å²) in [6, 6.07) is 6.49. The van der Waals surface area contributed by atoms with Crippen LogP contribution in [0.1, 0.15) is 12.0 Å². The summed E-state index contributed by atoms with van der Waals surface area (Å²) in [6.07, 6.45) is 2.26. The third-order valence-corrected chi connectivity index (χ3v) is 4.89. The third kappa shape index (κ3) is 5.54. The summed E-state index contributed by atoms with van der Waals surface area (Å²) in [5.41, 5.74) is 0.903. The van der Waals surface area contributed by atoms with Gasteiger partial charge >= 0.3 is 0 Å². The Kier molecular flexibility index (Phi) is 6.31. The van der Waals surface area contributed by atoms with Crippen LogP contribution in [-0.4, -0.2) is 58.3 Å². The number of sulfonamides is 1. The number of carbonyl (C=O) groups excluding carboxylic acids is 1. The second-order valence-corrected chi connectivity index (χ2v) is 7.92. The molecule has 2 rings (SSSR count). The highest BCUT2D eigenvalue weighted by atomic mass is 32.2. The minimum absolute atomic E-state index is 0.163. The number of nitrogens with one attached hydrogen (secondary N) is 1. The van der Waals surface area contributed by atoms with Crippen molar-refractivity contribution in [2.75, 3.05) is 33.0 Å². The van der Waals surface area contributed by atoms with E-state index in [-0.39, 0.29) is 30.3 Å². The zero-order valence-electron chi connectivity index (χ0n) is 13.9. The van der Waals surface area contributed by atoms with E-state index >= 15 is 0 Å². The summed E-state index contributed by atoms with van der Waals surface area (Å²) < 4.78 is 43.2. The molecule has 134 valence electrons. The molecule has 1 aliphatic heterocycles. The van der Waals surface area contributed by atoms with Crippen LogP contribution in [-0.2, 0) is 26.0 Å². The molecule has 1 heterocycles. The van der Waals surface area contributed by atoms with Crippen molar-refractivity contribution < 1.29 is 22.3 Å². The normalized spacial score (nSPS) is 21.7. The van der Waals surface area contributed by atoms with E-state index in [1.165, 1.54) is 12.1 Å². The predicted octanol–water partition coefficient (Wildman–Crippen LogP) is 0.781. The SMILES string of the molecule is CO[C@@H]1CN(C(=O)CNS(C)(=O)=O)CC[C@@H]1Cc1cccc(F)c1. The number of hydrogen-bond donors (Lipinski definition) is 1. The first-order valence-corrected chi connectivity index (χ1v) is 9.67. The highest BCUT2D eigenvalue weighted by molar-refractivity contribution is 7.88. The smallest absolute Gasteiger partial charge is 0.237 e. The van der Waals surface area contributed by atoms with Crippen LogP contribution < -0.4 is 4.72 Å². The standard InChI is InChI=1S/C16H23FN2O4S/c1-23-15-11-19(16(20)10-18-24(2,21)22)7-6-13(15)8-12-4-3-5-14(17)9-12/h3-5,9,13,15,18H,6-8,10-11H2,1-2H3/t13-,15-/m1/s1. The number of likely N-dealkylation sites (tertiary alicyclic amines) is 1. The molecule has 1 aromatic rings. The van der Waals surface area contributed by atoms with Gasteiger partial charge in [0.05, 0.1) is 18.9 Å². The number of methoxy groups -OCH3 is 1. The van der Waals surface area contributed by atoms with Crippen molar-refractivity contribution in [2.24, 2.45) is 5.92 Å². The Morgan fingerprint density at radius 2 is 2.21 bits per heavy atom. The topological polar surface area (TPSA) is 75.7 Å². The van der Waals surface area contributed by atoms with Gasteiger partial charge in [0.1, 0.15) is 5.82 Å². The number of halogens is 1. The van der Waals surface area contributed by atoms with Crippen LogP contribution in [0.3, 0.4) is 0 Å². The number of rotatable bonds is 6. The second kappa shape index (κ2) is 8.04. The third-order valence-electron chi connectivity index (χ3n) is 4.22. The zero-order chi connectivity index (χ0) is 17.7. The molecule has 24 heavy (non-hydrogen) atoms. The van der Waals surface area contributed by atoms with Crippen molar-refractivity contribution in [1.82, 2.24) is 9.62 Å². The summed E-state index contributed by atoms with van der Waals surface area (Å²) in [4.78, 5) is 13.7. The van der Waals surface area contributed by atoms with Gasteiger partial charge in [0.15, 0.2) is 0 Å². The lowest BCUT2D eigenvalue weighted by Crippen LogP contribution is -2.50. The number of nitrogens with zero attached hydrogens (tertiary/aromatic N) is 1. The number of hydrogen-bond acceptors (Lipinski definition) is 4. The van der Waals surface area contributed by atoms with Crippen molar-refractivity contribution in [3.05, 3.63) is 35.6 Å². The Hall–Kier alpha value is -1.51. The summed E-state index contributed by atoms with van der Waals surface area (Å²) in [5.74, 6) is -0.351. The molecule has 6 nitrogen and oxygen atoms in total. The Morgan fingerprint density at radius 3 is 2.83 bits per heavy atom. The average Bonchev–Trinajstić information content (AvgIpc) is 2.52. The van der Waals surface area contributed by atoms with E-state index in [2.05, 4.69) is 4.72 Å². The molecule has 1 saturated heterocycles. The molecule has 0 radical (unpaired) electrons. The maximum absolute atomic E-state index is 13.3. The van der Waals surface area contributed by atoms with Crippen LogP contribution in [0.4, 0.5) is 4.39 Å². The van der Waals surface area contributed by atoms with Gasteiger partial charge in [0, 0.05) is 20.2 Å². The minimum Gasteiger partial charge on any atom is -0.379 e. The largest absolute Gasteiger partial charge is 0.379 e. The zero-order valence-corrected chi connectivity index (χ0v) is 14.7. The highest BCUT2D eigenvalue weighted by Gasteiger charge is 2.31. The molecule has 0 aromatic heterocycles. The summed E-state index contributed by atoms with van der Waals surface area (Å²) >= 11 is 0. The molecule has 1 N–H and O–H groups in total. The number of piperidine rings is 1. The van der Waals surface area contributed by atoms with E-state index in [1.54, 1.807) is 18.1 Å². The Balaban J connectivity index is 1.94. The van der Waals surface area contributed by atoms with Crippen molar-refractivity contribution in [2.45, 2.75) is 18.9 Å². The lowest BCUT2D eigenvalue weighted by Gasteiger charge is -2.38. The van der Waals surface area contributed by atoms with Gasteiger partial charge in [-0.2, -0.15) is 0 Å². The molecule has 2 atom stereocenters. The molecule has 1 fully saturated rings. The molecular formula is C16H23FN2O4S. The molecule has 1 aromatic carbocycles.